The van der Waals surface area contributed by atoms with Crippen molar-refractivity contribution in [3.63, 3.8) is 0 Å². The van der Waals surface area contributed by atoms with Crippen LogP contribution >= 0.6 is 7.60 Å². The molecule has 2 unspecified atom stereocenters. The molecule has 7 nitrogen and oxygen atoms in total. The molecule has 0 bridgehead atoms. The highest BCUT2D eigenvalue weighted by Crippen LogP contribution is 2.48. The van der Waals surface area contributed by atoms with Crippen molar-refractivity contribution in [1.29, 1.82) is 0 Å². The second kappa shape index (κ2) is 8.24. The van der Waals surface area contributed by atoms with Gasteiger partial charge in [0, 0.05) is 20.6 Å². The number of carbonyl (C=O) groups excluding carboxylic acids is 2. The van der Waals surface area contributed by atoms with E-state index in [4.69, 9.17) is 0 Å². The minimum absolute atomic E-state index is 0.385. The molecule has 0 saturated heterocycles. The number of ether oxygens (including phenoxy) is 2. The highest BCUT2D eigenvalue weighted by molar-refractivity contribution is 7.53. The van der Waals surface area contributed by atoms with Crippen LogP contribution in [0.25, 0.3) is 0 Å². The van der Waals surface area contributed by atoms with Gasteiger partial charge in [-0.25, -0.2) is 9.18 Å². The molecule has 0 N–H and O–H groups in total. The van der Waals surface area contributed by atoms with Gasteiger partial charge in [-0.2, -0.15) is 0 Å². The summed E-state index contributed by atoms with van der Waals surface area (Å²) in [6.07, 6.45) is -2.92. The summed E-state index contributed by atoms with van der Waals surface area (Å²) in [6, 6.07) is 0. The van der Waals surface area contributed by atoms with Crippen molar-refractivity contribution in [2.24, 2.45) is 5.92 Å². The number of hydrogen-bond donors (Lipinski definition) is 0. The second-order valence-corrected chi connectivity index (χ2v) is 5.92. The van der Waals surface area contributed by atoms with E-state index < -0.39 is 38.0 Å². The molecule has 0 aromatic heterocycles. The van der Waals surface area contributed by atoms with Crippen molar-refractivity contribution < 1.29 is 37.1 Å². The maximum absolute atomic E-state index is 13.5. The van der Waals surface area contributed by atoms with E-state index in [1.165, 1.54) is 0 Å². The molecule has 112 valence electrons. The number of rotatable bonds is 8. The smallest absolute Gasteiger partial charge is 0.340 e. The predicted molar refractivity (Wildman–Crippen MR) is 63.5 cm³/mol. The Morgan fingerprint density at radius 3 is 1.89 bits per heavy atom. The van der Waals surface area contributed by atoms with E-state index >= 15 is 0 Å². The van der Waals surface area contributed by atoms with E-state index in [1.54, 1.807) is 0 Å². The molecule has 0 amide bonds. The molecule has 19 heavy (non-hydrogen) atoms. The number of carbonyl (C=O) groups is 2. The van der Waals surface area contributed by atoms with Crippen LogP contribution in [0.3, 0.4) is 0 Å². The standard InChI is InChI=1S/C10H18FO7P/c1-15-9(12)7(5-8(11)10(13)16-2)6-19(14,17-3)18-4/h7-8H,5-6H2,1-4H3. The average molecular weight is 300 g/mol. The molecule has 0 aliphatic heterocycles. The normalized spacial score (nSPS) is 14.6. The van der Waals surface area contributed by atoms with E-state index in [1.807, 2.05) is 0 Å². The van der Waals surface area contributed by atoms with E-state index in [9.17, 15) is 18.5 Å². The third-order valence-electron chi connectivity index (χ3n) is 2.48. The number of methoxy groups -OCH3 is 2. The van der Waals surface area contributed by atoms with Crippen molar-refractivity contribution in [2.75, 3.05) is 34.6 Å². The summed E-state index contributed by atoms with van der Waals surface area (Å²) >= 11 is 0. The lowest BCUT2D eigenvalue weighted by atomic mass is 10.0. The summed E-state index contributed by atoms with van der Waals surface area (Å²) in [5.74, 6) is -3.05. The van der Waals surface area contributed by atoms with E-state index in [0.29, 0.717) is 0 Å². The van der Waals surface area contributed by atoms with Crippen LogP contribution in [0.2, 0.25) is 0 Å². The van der Waals surface area contributed by atoms with Gasteiger partial charge in [0.1, 0.15) is 0 Å². The molecule has 0 rings (SSSR count). The fraction of sp³-hybridized carbons (Fsp3) is 0.800. The van der Waals surface area contributed by atoms with Crippen molar-refractivity contribution in [3.8, 4) is 0 Å². The Labute approximate surface area is 110 Å². The Morgan fingerprint density at radius 1 is 1.05 bits per heavy atom. The lowest BCUT2D eigenvalue weighted by molar-refractivity contribution is -0.150. The van der Waals surface area contributed by atoms with Crippen LogP contribution in [-0.4, -0.2) is 52.7 Å². The molecule has 9 heteroatoms. The lowest BCUT2D eigenvalue weighted by Gasteiger charge is -2.20. The Hall–Kier alpha value is -0.980. The van der Waals surface area contributed by atoms with Crippen LogP contribution < -0.4 is 0 Å². The molecule has 0 fully saturated rings. The molecule has 0 saturated carbocycles. The van der Waals surface area contributed by atoms with Crippen molar-refractivity contribution in [1.82, 2.24) is 0 Å². The molecule has 2 atom stereocenters. The first-order valence-corrected chi connectivity index (χ1v) is 7.06. The van der Waals surface area contributed by atoms with Crippen LogP contribution in [0.4, 0.5) is 4.39 Å². The summed E-state index contributed by atoms with van der Waals surface area (Å²) in [7, 11) is 0.898. The summed E-state index contributed by atoms with van der Waals surface area (Å²) < 4.78 is 43.4. The van der Waals surface area contributed by atoms with Crippen LogP contribution in [0.1, 0.15) is 6.42 Å². The van der Waals surface area contributed by atoms with Crippen molar-refractivity contribution in [2.45, 2.75) is 12.6 Å². The molecule has 0 aliphatic rings. The zero-order valence-corrected chi connectivity index (χ0v) is 12.1. The highest BCUT2D eigenvalue weighted by atomic mass is 31.2. The van der Waals surface area contributed by atoms with E-state index in [0.717, 1.165) is 28.4 Å². The molecule has 0 radical (unpaired) electrons. The topological polar surface area (TPSA) is 88.1 Å². The van der Waals surface area contributed by atoms with Gasteiger partial charge in [0.2, 0.25) is 0 Å². The molecular weight excluding hydrogens is 282 g/mol. The minimum Gasteiger partial charge on any atom is -0.469 e. The van der Waals surface area contributed by atoms with Crippen molar-refractivity contribution in [3.05, 3.63) is 0 Å². The Balaban J connectivity index is 4.88. The first kappa shape index (κ1) is 18.0. The van der Waals surface area contributed by atoms with Gasteiger partial charge in [-0.1, -0.05) is 0 Å². The maximum atomic E-state index is 13.5. The molecular formula is C10H18FO7P. The second-order valence-electron chi connectivity index (χ2n) is 3.61. The fourth-order valence-corrected chi connectivity index (χ4v) is 2.66. The number of alkyl halides is 1. The summed E-state index contributed by atoms with van der Waals surface area (Å²) in [5, 5.41) is 0. The van der Waals surface area contributed by atoms with Gasteiger partial charge in [0.05, 0.1) is 26.3 Å². The fourth-order valence-electron chi connectivity index (χ4n) is 1.38. The van der Waals surface area contributed by atoms with Crippen molar-refractivity contribution >= 4 is 19.5 Å². The monoisotopic (exact) mass is 300 g/mol. The Bertz CT molecular complexity index is 352. The summed E-state index contributed by atoms with van der Waals surface area (Å²) in [6.45, 7) is 0. The largest absolute Gasteiger partial charge is 0.469 e. The number of hydrogen-bond acceptors (Lipinski definition) is 7. The van der Waals surface area contributed by atoms with Gasteiger partial charge in [-0.3, -0.25) is 9.36 Å². The number of esters is 2. The zero-order valence-electron chi connectivity index (χ0n) is 11.3. The Morgan fingerprint density at radius 2 is 1.53 bits per heavy atom. The third-order valence-corrected chi connectivity index (χ3v) is 4.48. The third kappa shape index (κ3) is 5.67. The quantitative estimate of drug-likeness (QED) is 0.491. The molecule has 0 aliphatic carbocycles. The van der Waals surface area contributed by atoms with Gasteiger partial charge >= 0.3 is 19.5 Å². The number of halogens is 1. The summed E-state index contributed by atoms with van der Waals surface area (Å²) in [5.41, 5.74) is 0. The van der Waals surface area contributed by atoms with Gasteiger partial charge in [-0.15, -0.1) is 0 Å². The first-order valence-electron chi connectivity index (χ1n) is 5.33. The average Bonchev–Trinajstić information content (AvgIpc) is 2.44. The SMILES string of the molecule is COC(=O)C(F)CC(CP(=O)(OC)OC)C(=O)OC. The van der Waals surface area contributed by atoms with Gasteiger partial charge in [-0.05, 0) is 0 Å². The minimum atomic E-state index is -3.52. The predicted octanol–water partition coefficient (Wildman–Crippen LogP) is 1.16. The maximum Gasteiger partial charge on any atom is 0.340 e. The van der Waals surface area contributed by atoms with E-state index in [-0.39, 0.29) is 6.16 Å². The zero-order chi connectivity index (χ0) is 15.1. The van der Waals surface area contributed by atoms with Crippen LogP contribution in [-0.2, 0) is 32.7 Å². The van der Waals surface area contributed by atoms with Crippen LogP contribution in [0.5, 0.6) is 0 Å². The van der Waals surface area contributed by atoms with E-state index in [2.05, 4.69) is 18.5 Å². The van der Waals surface area contributed by atoms with Gasteiger partial charge < -0.3 is 18.5 Å². The first-order chi connectivity index (χ1) is 8.83. The molecule has 0 spiro atoms. The highest BCUT2D eigenvalue weighted by Gasteiger charge is 2.35. The van der Waals surface area contributed by atoms with Crippen LogP contribution in [0.15, 0.2) is 0 Å². The Kier molecular flexibility index (Phi) is 7.82. The van der Waals surface area contributed by atoms with Gasteiger partial charge in [0.15, 0.2) is 6.17 Å². The molecule has 0 aromatic rings. The van der Waals surface area contributed by atoms with Crippen LogP contribution in [0, 0.1) is 5.92 Å². The molecule has 0 aromatic carbocycles. The summed E-state index contributed by atoms with van der Waals surface area (Å²) in [4.78, 5) is 22.5. The lowest BCUT2D eigenvalue weighted by Crippen LogP contribution is -2.28. The molecule has 0 heterocycles. The van der Waals surface area contributed by atoms with Gasteiger partial charge in [0.25, 0.3) is 0 Å².